The van der Waals surface area contributed by atoms with Crippen LogP contribution >= 0.6 is 0 Å². The Kier molecular flexibility index (Phi) is 4.83. The molecule has 0 saturated heterocycles. The van der Waals surface area contributed by atoms with Crippen molar-refractivity contribution in [3.05, 3.63) is 12.7 Å². The summed E-state index contributed by atoms with van der Waals surface area (Å²) in [5.41, 5.74) is -0.319. The average Bonchev–Trinajstić information content (AvgIpc) is 2.22. The van der Waals surface area contributed by atoms with Gasteiger partial charge in [-0.25, -0.2) is 0 Å². The molecule has 1 rings (SSSR count). The Labute approximate surface area is 117 Å². The summed E-state index contributed by atoms with van der Waals surface area (Å²) in [6.07, 6.45) is 4.55. The first-order chi connectivity index (χ1) is 8.66. The van der Waals surface area contributed by atoms with Crippen LogP contribution in [0.4, 0.5) is 0 Å². The molecule has 0 aromatic carbocycles. The molecular weight excluding hydrogens is 238 g/mol. The van der Waals surface area contributed by atoms with E-state index in [9.17, 15) is 4.79 Å². The number of carbonyl (C=O) groups excluding carboxylic acids is 1. The molecule has 0 radical (unpaired) electrons. The van der Waals surface area contributed by atoms with Gasteiger partial charge in [0.1, 0.15) is 5.54 Å². The number of hydrogen-bond donors (Lipinski definition) is 1. The van der Waals surface area contributed by atoms with E-state index >= 15 is 0 Å². The molecule has 3 heteroatoms. The molecule has 0 aromatic heterocycles. The summed E-state index contributed by atoms with van der Waals surface area (Å²) < 4.78 is 5.33. The zero-order valence-electron chi connectivity index (χ0n) is 13.1. The predicted molar refractivity (Wildman–Crippen MR) is 79.0 cm³/mol. The van der Waals surface area contributed by atoms with E-state index in [0.29, 0.717) is 13.2 Å². The first kappa shape index (κ1) is 16.2. The van der Waals surface area contributed by atoms with E-state index < -0.39 is 5.54 Å². The molecule has 0 atom stereocenters. The third-order valence-electron chi connectivity index (χ3n) is 3.77. The summed E-state index contributed by atoms with van der Waals surface area (Å²) in [6, 6.07) is 0. The van der Waals surface area contributed by atoms with Crippen molar-refractivity contribution < 1.29 is 9.53 Å². The van der Waals surface area contributed by atoms with Crippen LogP contribution in [0.2, 0.25) is 0 Å². The van der Waals surface area contributed by atoms with Crippen molar-refractivity contribution in [2.45, 2.75) is 59.4 Å². The quantitative estimate of drug-likeness (QED) is 0.613. The fourth-order valence-electron chi connectivity index (χ4n) is 4.00. The van der Waals surface area contributed by atoms with Gasteiger partial charge in [-0.3, -0.25) is 10.1 Å². The molecule has 19 heavy (non-hydrogen) atoms. The Morgan fingerprint density at radius 2 is 1.74 bits per heavy atom. The highest BCUT2D eigenvalue weighted by molar-refractivity contribution is 5.81. The highest BCUT2D eigenvalue weighted by atomic mass is 16.5. The molecule has 0 heterocycles. The Hall–Kier alpha value is -0.830. The van der Waals surface area contributed by atoms with Gasteiger partial charge >= 0.3 is 5.97 Å². The lowest BCUT2D eigenvalue weighted by Crippen LogP contribution is -2.60. The van der Waals surface area contributed by atoms with E-state index in [1.165, 1.54) is 0 Å². The number of rotatable bonds is 5. The number of carbonyl (C=O) groups is 1. The highest BCUT2D eigenvalue weighted by Gasteiger charge is 2.52. The maximum absolute atomic E-state index is 12.5. The van der Waals surface area contributed by atoms with Gasteiger partial charge in [-0.1, -0.05) is 33.8 Å². The second-order valence-electron chi connectivity index (χ2n) is 7.33. The summed E-state index contributed by atoms with van der Waals surface area (Å²) in [4.78, 5) is 12.5. The minimum Gasteiger partial charge on any atom is -0.465 e. The molecule has 1 aliphatic rings. The molecule has 110 valence electrons. The van der Waals surface area contributed by atoms with E-state index in [-0.39, 0.29) is 16.8 Å². The van der Waals surface area contributed by atoms with Gasteiger partial charge in [-0.2, -0.15) is 0 Å². The van der Waals surface area contributed by atoms with E-state index in [1.807, 2.05) is 6.92 Å². The lowest BCUT2D eigenvalue weighted by atomic mass is 9.58. The monoisotopic (exact) mass is 267 g/mol. The van der Waals surface area contributed by atoms with Crippen LogP contribution in [0, 0.1) is 10.8 Å². The lowest BCUT2D eigenvalue weighted by molar-refractivity contribution is -0.157. The van der Waals surface area contributed by atoms with E-state index in [0.717, 1.165) is 19.3 Å². The van der Waals surface area contributed by atoms with Crippen LogP contribution in [-0.4, -0.2) is 24.7 Å². The maximum atomic E-state index is 12.5. The van der Waals surface area contributed by atoms with E-state index in [2.05, 4.69) is 39.6 Å². The van der Waals surface area contributed by atoms with Gasteiger partial charge in [0.2, 0.25) is 0 Å². The average molecular weight is 267 g/mol. The predicted octanol–water partition coefficient (Wildman–Crippen LogP) is 3.30. The van der Waals surface area contributed by atoms with Crippen LogP contribution in [0.3, 0.4) is 0 Å². The number of esters is 1. The summed E-state index contributed by atoms with van der Waals surface area (Å²) in [5.74, 6) is -0.113. The normalized spacial score (nSPS) is 23.6. The number of ether oxygens (including phenoxy) is 1. The number of nitrogens with one attached hydrogen (secondary N) is 1. The Morgan fingerprint density at radius 1 is 1.21 bits per heavy atom. The minimum absolute atomic E-state index is 0.113. The van der Waals surface area contributed by atoms with Crippen LogP contribution in [0.5, 0.6) is 0 Å². The minimum atomic E-state index is -0.574. The van der Waals surface area contributed by atoms with Crippen LogP contribution in [0.15, 0.2) is 12.7 Å². The summed E-state index contributed by atoms with van der Waals surface area (Å²) in [7, 11) is 0. The molecular formula is C16H29NO2. The van der Waals surface area contributed by atoms with Crippen molar-refractivity contribution in [1.82, 2.24) is 5.32 Å². The molecule has 1 N–H and O–H groups in total. The molecule has 0 unspecified atom stereocenters. The van der Waals surface area contributed by atoms with Gasteiger partial charge in [0, 0.05) is 6.54 Å². The van der Waals surface area contributed by atoms with Gasteiger partial charge in [0.15, 0.2) is 0 Å². The van der Waals surface area contributed by atoms with Crippen molar-refractivity contribution in [2.24, 2.45) is 10.8 Å². The van der Waals surface area contributed by atoms with Crippen molar-refractivity contribution in [3.8, 4) is 0 Å². The highest BCUT2D eigenvalue weighted by Crippen LogP contribution is 2.50. The Bertz CT molecular complexity index is 329. The standard InChI is InChI=1S/C16H29NO2/c1-7-9-17-16(13(18)19-8-2)11-14(3,4)10-15(5,6)12-16/h7,17H,1,8-12H2,2-6H3. The first-order valence-electron chi connectivity index (χ1n) is 7.20. The molecule has 0 aromatic rings. The molecule has 1 fully saturated rings. The SMILES string of the molecule is C=CCNC1(C(=O)OCC)CC(C)(C)CC(C)(C)C1. The third kappa shape index (κ3) is 4.07. The van der Waals surface area contributed by atoms with Crippen molar-refractivity contribution in [3.63, 3.8) is 0 Å². The summed E-state index contributed by atoms with van der Waals surface area (Å²) >= 11 is 0. The fraction of sp³-hybridized carbons (Fsp3) is 0.812. The van der Waals surface area contributed by atoms with Gasteiger partial charge in [0.05, 0.1) is 6.61 Å². The molecule has 0 spiro atoms. The summed E-state index contributed by atoms with van der Waals surface area (Å²) in [6.45, 7) is 15.6. The molecule has 0 aliphatic heterocycles. The van der Waals surface area contributed by atoms with Gasteiger partial charge in [0.25, 0.3) is 0 Å². The first-order valence-corrected chi connectivity index (χ1v) is 7.20. The lowest BCUT2D eigenvalue weighted by Gasteiger charge is -2.50. The van der Waals surface area contributed by atoms with Crippen molar-refractivity contribution >= 4 is 5.97 Å². The molecule has 0 amide bonds. The number of hydrogen-bond acceptors (Lipinski definition) is 3. The second kappa shape index (κ2) is 5.66. The zero-order valence-corrected chi connectivity index (χ0v) is 13.1. The third-order valence-corrected chi connectivity index (χ3v) is 3.77. The van der Waals surface area contributed by atoms with Gasteiger partial charge < -0.3 is 4.74 Å². The second-order valence-corrected chi connectivity index (χ2v) is 7.33. The molecule has 1 saturated carbocycles. The van der Waals surface area contributed by atoms with E-state index in [1.54, 1.807) is 6.08 Å². The van der Waals surface area contributed by atoms with Crippen LogP contribution in [-0.2, 0) is 9.53 Å². The Morgan fingerprint density at radius 3 is 2.16 bits per heavy atom. The van der Waals surface area contributed by atoms with Gasteiger partial charge in [-0.15, -0.1) is 6.58 Å². The topological polar surface area (TPSA) is 38.3 Å². The molecule has 0 bridgehead atoms. The van der Waals surface area contributed by atoms with Gasteiger partial charge in [-0.05, 0) is 37.0 Å². The summed E-state index contributed by atoms with van der Waals surface area (Å²) in [5, 5.41) is 3.39. The van der Waals surface area contributed by atoms with E-state index in [4.69, 9.17) is 4.74 Å². The van der Waals surface area contributed by atoms with Crippen molar-refractivity contribution in [1.29, 1.82) is 0 Å². The smallest absolute Gasteiger partial charge is 0.326 e. The van der Waals surface area contributed by atoms with Crippen LogP contribution in [0.25, 0.3) is 0 Å². The Balaban J connectivity index is 3.07. The zero-order chi connectivity index (χ0) is 14.7. The van der Waals surface area contributed by atoms with Crippen molar-refractivity contribution in [2.75, 3.05) is 13.2 Å². The fourth-order valence-corrected chi connectivity index (χ4v) is 4.00. The van der Waals surface area contributed by atoms with Crippen LogP contribution < -0.4 is 5.32 Å². The molecule has 3 nitrogen and oxygen atoms in total. The largest absolute Gasteiger partial charge is 0.465 e. The molecule has 1 aliphatic carbocycles. The maximum Gasteiger partial charge on any atom is 0.326 e. The van der Waals surface area contributed by atoms with Crippen LogP contribution in [0.1, 0.15) is 53.9 Å².